The molecular formula is C9H11FO3. The molecule has 1 aliphatic carbocycles. The zero-order valence-electron chi connectivity index (χ0n) is 7.22. The van der Waals surface area contributed by atoms with E-state index < -0.39 is 11.8 Å². The molecule has 2 atom stereocenters. The number of hydrogen-bond donors (Lipinski definition) is 0. The standard InChI is InChI=1S/C9H11FO3/c10-9-2-1-7(11)3-6(5-9)4-8(12)13-9/h6H,1-5H2. The highest BCUT2D eigenvalue weighted by molar-refractivity contribution is 5.81. The second-order valence-electron chi connectivity index (χ2n) is 3.87. The van der Waals surface area contributed by atoms with Crippen LogP contribution in [-0.2, 0) is 14.3 Å². The third-order valence-electron chi connectivity index (χ3n) is 2.64. The van der Waals surface area contributed by atoms with Gasteiger partial charge in [0.15, 0.2) is 0 Å². The summed E-state index contributed by atoms with van der Waals surface area (Å²) in [6.45, 7) is 0. The number of fused-ring (bicyclic) bond motifs is 2. The normalized spacial score (nSPS) is 39.6. The Hall–Kier alpha value is -0.930. The van der Waals surface area contributed by atoms with E-state index in [1.165, 1.54) is 0 Å². The number of alkyl halides is 1. The van der Waals surface area contributed by atoms with Gasteiger partial charge in [-0.1, -0.05) is 0 Å². The number of ether oxygens (including phenoxy) is 1. The molecule has 2 fully saturated rings. The lowest BCUT2D eigenvalue weighted by Gasteiger charge is -2.31. The summed E-state index contributed by atoms with van der Waals surface area (Å²) in [4.78, 5) is 22.1. The smallest absolute Gasteiger partial charge is 0.308 e. The molecule has 2 rings (SSSR count). The Labute approximate surface area is 75.2 Å². The van der Waals surface area contributed by atoms with E-state index in [4.69, 9.17) is 0 Å². The van der Waals surface area contributed by atoms with Gasteiger partial charge in [0, 0.05) is 32.1 Å². The predicted molar refractivity (Wildman–Crippen MR) is 41.5 cm³/mol. The first kappa shape index (κ1) is 8.66. The number of Topliss-reactive ketones (excluding diaryl/α,β-unsaturated/α-hetero) is 1. The fourth-order valence-corrected chi connectivity index (χ4v) is 2.07. The van der Waals surface area contributed by atoms with Gasteiger partial charge < -0.3 is 4.74 Å². The van der Waals surface area contributed by atoms with Crippen molar-refractivity contribution in [3.8, 4) is 0 Å². The van der Waals surface area contributed by atoms with Crippen molar-refractivity contribution in [3.63, 3.8) is 0 Å². The molecule has 1 saturated carbocycles. The third-order valence-corrected chi connectivity index (χ3v) is 2.64. The highest BCUT2D eigenvalue weighted by Crippen LogP contribution is 2.39. The van der Waals surface area contributed by atoms with Crippen LogP contribution in [0.1, 0.15) is 32.1 Å². The number of carbonyl (C=O) groups excluding carboxylic acids is 2. The second kappa shape index (κ2) is 2.79. The molecule has 72 valence electrons. The lowest BCUT2D eigenvalue weighted by Crippen LogP contribution is -2.37. The van der Waals surface area contributed by atoms with Gasteiger partial charge in [-0.3, -0.25) is 9.59 Å². The van der Waals surface area contributed by atoms with E-state index in [2.05, 4.69) is 4.74 Å². The van der Waals surface area contributed by atoms with Crippen LogP contribution in [0.5, 0.6) is 0 Å². The fourth-order valence-electron chi connectivity index (χ4n) is 2.07. The first-order chi connectivity index (χ1) is 6.07. The highest BCUT2D eigenvalue weighted by Gasteiger charge is 2.44. The summed E-state index contributed by atoms with van der Waals surface area (Å²) in [5.74, 6) is -2.45. The Morgan fingerprint density at radius 3 is 2.92 bits per heavy atom. The van der Waals surface area contributed by atoms with Crippen molar-refractivity contribution < 1.29 is 18.7 Å². The monoisotopic (exact) mass is 186 g/mol. The van der Waals surface area contributed by atoms with E-state index in [1.54, 1.807) is 0 Å². The molecule has 2 aliphatic rings. The van der Waals surface area contributed by atoms with E-state index in [0.717, 1.165) is 0 Å². The lowest BCUT2D eigenvalue weighted by atomic mass is 9.92. The Bertz CT molecular complexity index is 264. The highest BCUT2D eigenvalue weighted by atomic mass is 19.2. The van der Waals surface area contributed by atoms with Gasteiger partial charge in [0.05, 0.1) is 0 Å². The summed E-state index contributed by atoms with van der Waals surface area (Å²) < 4.78 is 18.3. The van der Waals surface area contributed by atoms with Crippen LogP contribution in [-0.4, -0.2) is 17.6 Å². The van der Waals surface area contributed by atoms with Gasteiger partial charge in [0.1, 0.15) is 5.78 Å². The molecule has 1 heterocycles. The van der Waals surface area contributed by atoms with E-state index in [1.807, 2.05) is 0 Å². The van der Waals surface area contributed by atoms with E-state index >= 15 is 0 Å². The van der Waals surface area contributed by atoms with Gasteiger partial charge in [0.2, 0.25) is 0 Å². The third kappa shape index (κ3) is 1.71. The molecule has 1 saturated heterocycles. The van der Waals surface area contributed by atoms with Crippen LogP contribution in [0.25, 0.3) is 0 Å². The minimum Gasteiger partial charge on any atom is -0.428 e. The zero-order chi connectivity index (χ0) is 9.47. The minimum atomic E-state index is -1.86. The van der Waals surface area contributed by atoms with Crippen LogP contribution in [0.15, 0.2) is 0 Å². The molecule has 2 bridgehead atoms. The van der Waals surface area contributed by atoms with Gasteiger partial charge in [-0.15, -0.1) is 0 Å². The van der Waals surface area contributed by atoms with Gasteiger partial charge >= 0.3 is 5.97 Å². The Balaban J connectivity index is 2.21. The maximum Gasteiger partial charge on any atom is 0.308 e. The summed E-state index contributed by atoms with van der Waals surface area (Å²) in [6.07, 6.45) is 0.955. The first-order valence-electron chi connectivity index (χ1n) is 4.50. The van der Waals surface area contributed by atoms with E-state index in [0.29, 0.717) is 6.42 Å². The van der Waals surface area contributed by atoms with Crippen LogP contribution in [0.3, 0.4) is 0 Å². The van der Waals surface area contributed by atoms with E-state index in [-0.39, 0.29) is 37.4 Å². The van der Waals surface area contributed by atoms with Crippen LogP contribution in [0.2, 0.25) is 0 Å². The Morgan fingerprint density at radius 1 is 1.38 bits per heavy atom. The largest absolute Gasteiger partial charge is 0.428 e. The van der Waals surface area contributed by atoms with Crippen molar-refractivity contribution in [1.82, 2.24) is 0 Å². The second-order valence-corrected chi connectivity index (χ2v) is 3.87. The maximum absolute atomic E-state index is 13.7. The molecule has 2 unspecified atom stereocenters. The summed E-state index contributed by atoms with van der Waals surface area (Å²) in [5.41, 5.74) is 0. The first-order valence-corrected chi connectivity index (χ1v) is 4.50. The molecule has 13 heavy (non-hydrogen) atoms. The quantitative estimate of drug-likeness (QED) is 0.536. The van der Waals surface area contributed by atoms with Crippen LogP contribution in [0.4, 0.5) is 4.39 Å². The number of rotatable bonds is 0. The molecule has 1 aliphatic heterocycles. The molecule has 0 aromatic carbocycles. The topological polar surface area (TPSA) is 43.4 Å². The molecule has 4 heteroatoms. The summed E-state index contributed by atoms with van der Waals surface area (Å²) >= 11 is 0. The number of halogens is 1. The molecule has 3 nitrogen and oxygen atoms in total. The molecule has 0 aromatic heterocycles. The molecular weight excluding hydrogens is 175 g/mol. The van der Waals surface area contributed by atoms with Gasteiger partial charge in [-0.25, -0.2) is 0 Å². The Morgan fingerprint density at radius 2 is 2.15 bits per heavy atom. The van der Waals surface area contributed by atoms with Crippen molar-refractivity contribution in [2.45, 2.75) is 38.0 Å². The summed E-state index contributed by atoms with van der Waals surface area (Å²) in [7, 11) is 0. The predicted octanol–water partition coefficient (Wildman–Crippen LogP) is 1.36. The Kier molecular flexibility index (Phi) is 1.86. The molecule has 0 N–H and O–H groups in total. The number of hydrogen-bond acceptors (Lipinski definition) is 3. The van der Waals surface area contributed by atoms with Crippen molar-refractivity contribution in [2.75, 3.05) is 0 Å². The number of carbonyl (C=O) groups is 2. The average molecular weight is 186 g/mol. The van der Waals surface area contributed by atoms with Gasteiger partial charge in [0.25, 0.3) is 5.85 Å². The van der Waals surface area contributed by atoms with Crippen molar-refractivity contribution >= 4 is 11.8 Å². The minimum absolute atomic E-state index is 0.0358. The zero-order valence-corrected chi connectivity index (χ0v) is 7.22. The van der Waals surface area contributed by atoms with E-state index in [9.17, 15) is 14.0 Å². The number of esters is 1. The van der Waals surface area contributed by atoms with Crippen LogP contribution < -0.4 is 0 Å². The van der Waals surface area contributed by atoms with Gasteiger partial charge in [-0.05, 0) is 5.92 Å². The molecule has 0 radical (unpaired) electrons. The van der Waals surface area contributed by atoms with Crippen molar-refractivity contribution in [2.24, 2.45) is 5.92 Å². The lowest BCUT2D eigenvalue weighted by molar-refractivity contribution is -0.200. The van der Waals surface area contributed by atoms with Crippen LogP contribution in [0, 0.1) is 5.92 Å². The molecule has 0 aromatic rings. The van der Waals surface area contributed by atoms with Crippen molar-refractivity contribution in [1.29, 1.82) is 0 Å². The SMILES string of the molecule is O=C1CCC2(F)CC(C1)CC(=O)O2. The molecule has 0 spiro atoms. The summed E-state index contributed by atoms with van der Waals surface area (Å²) in [5, 5.41) is 0. The average Bonchev–Trinajstić information content (AvgIpc) is 2.07. The van der Waals surface area contributed by atoms with Gasteiger partial charge in [-0.2, -0.15) is 4.39 Å². The van der Waals surface area contributed by atoms with Crippen molar-refractivity contribution in [3.05, 3.63) is 0 Å². The van der Waals surface area contributed by atoms with Crippen LogP contribution >= 0.6 is 0 Å². The number of ketones is 1. The molecule has 0 amide bonds. The summed E-state index contributed by atoms with van der Waals surface area (Å²) in [6, 6.07) is 0. The maximum atomic E-state index is 13.7. The fraction of sp³-hybridized carbons (Fsp3) is 0.778.